The van der Waals surface area contributed by atoms with Gasteiger partial charge in [0.1, 0.15) is 11.6 Å². The van der Waals surface area contributed by atoms with Gasteiger partial charge in [-0.3, -0.25) is 4.79 Å². The highest BCUT2D eigenvalue weighted by atomic mass is 32.2. The number of carbonyl (C=O) groups is 1. The van der Waals surface area contributed by atoms with Crippen LogP contribution in [-0.4, -0.2) is 28.0 Å². The number of nitrogens with zero attached hydrogens (tertiary/aromatic N) is 2. The van der Waals surface area contributed by atoms with Crippen molar-refractivity contribution in [1.29, 1.82) is 0 Å². The molecule has 0 spiro atoms. The molecule has 0 saturated carbocycles. The number of rotatable bonds is 6. The lowest BCUT2D eigenvalue weighted by molar-refractivity contribution is -0.115. The lowest BCUT2D eigenvalue weighted by Gasteiger charge is -2.15. The zero-order chi connectivity index (χ0) is 16.1. The van der Waals surface area contributed by atoms with Crippen molar-refractivity contribution in [2.45, 2.75) is 37.0 Å². The maximum atomic E-state index is 12.3. The summed E-state index contributed by atoms with van der Waals surface area (Å²) in [5.74, 6) is 1.49. The van der Waals surface area contributed by atoms with Crippen LogP contribution in [0.4, 0.5) is 5.82 Å². The van der Waals surface area contributed by atoms with E-state index in [0.717, 1.165) is 16.5 Å². The number of aromatic nitrogens is 2. The van der Waals surface area contributed by atoms with Gasteiger partial charge in [0.05, 0.1) is 18.6 Å². The summed E-state index contributed by atoms with van der Waals surface area (Å²) in [6, 6.07) is 9.69. The van der Waals surface area contributed by atoms with E-state index in [-0.39, 0.29) is 17.2 Å². The second kappa shape index (κ2) is 7.35. The van der Waals surface area contributed by atoms with Gasteiger partial charge in [-0.15, -0.1) is 11.8 Å². The number of methoxy groups -OCH3 is 1. The zero-order valence-corrected chi connectivity index (χ0v) is 14.1. The summed E-state index contributed by atoms with van der Waals surface area (Å²) in [7, 11) is 1.64. The maximum Gasteiger partial charge on any atom is 0.238 e. The number of hydrogen-bond acceptors (Lipinski definition) is 4. The first-order valence-corrected chi connectivity index (χ1v) is 8.04. The molecular weight excluding hydrogens is 298 g/mol. The first kappa shape index (κ1) is 16.4. The summed E-state index contributed by atoms with van der Waals surface area (Å²) in [4.78, 5) is 13.3. The summed E-state index contributed by atoms with van der Waals surface area (Å²) in [5, 5.41) is 6.94. The molecule has 6 heteroatoms. The van der Waals surface area contributed by atoms with Crippen LogP contribution in [0.1, 0.15) is 26.8 Å². The molecular formula is C16H21N3O2S. The summed E-state index contributed by atoms with van der Waals surface area (Å²) < 4.78 is 6.92. The van der Waals surface area contributed by atoms with Crippen LogP contribution in [-0.2, 0) is 4.79 Å². The molecule has 1 aromatic carbocycles. The molecule has 0 fully saturated rings. The molecule has 1 aromatic heterocycles. The summed E-state index contributed by atoms with van der Waals surface area (Å²) in [6.07, 6.45) is 1.69. The highest BCUT2D eigenvalue weighted by Crippen LogP contribution is 2.26. The third-order valence-corrected chi connectivity index (χ3v) is 4.26. The fraction of sp³-hybridized carbons (Fsp3) is 0.375. The minimum absolute atomic E-state index is 0.0387. The van der Waals surface area contributed by atoms with Crippen molar-refractivity contribution >= 4 is 23.5 Å². The molecule has 1 atom stereocenters. The molecule has 0 unspecified atom stereocenters. The van der Waals surface area contributed by atoms with E-state index in [1.807, 2.05) is 51.1 Å². The van der Waals surface area contributed by atoms with Gasteiger partial charge in [-0.05, 0) is 45.0 Å². The number of amides is 1. The molecule has 0 aliphatic carbocycles. The Labute approximate surface area is 135 Å². The number of benzene rings is 1. The predicted octanol–water partition coefficient (Wildman–Crippen LogP) is 3.59. The van der Waals surface area contributed by atoms with Crippen LogP contribution in [0.2, 0.25) is 0 Å². The van der Waals surface area contributed by atoms with E-state index in [9.17, 15) is 4.79 Å². The van der Waals surface area contributed by atoms with Crippen LogP contribution in [0.3, 0.4) is 0 Å². The molecule has 1 N–H and O–H groups in total. The molecule has 0 saturated heterocycles. The Balaban J connectivity index is 1.98. The molecule has 2 aromatic rings. The molecule has 0 radical (unpaired) electrons. The van der Waals surface area contributed by atoms with Crippen LogP contribution >= 0.6 is 11.8 Å². The molecule has 22 heavy (non-hydrogen) atoms. The van der Waals surface area contributed by atoms with Gasteiger partial charge < -0.3 is 10.1 Å². The van der Waals surface area contributed by atoms with E-state index in [2.05, 4.69) is 10.4 Å². The van der Waals surface area contributed by atoms with E-state index >= 15 is 0 Å². The summed E-state index contributed by atoms with van der Waals surface area (Å²) in [6.45, 7) is 5.94. The molecule has 5 nitrogen and oxygen atoms in total. The smallest absolute Gasteiger partial charge is 0.238 e. The SMILES string of the molecule is COc1ccc(S[C@@H](C)C(=O)Nc2ccnn2C(C)C)cc1. The molecule has 0 aliphatic rings. The molecule has 0 bridgehead atoms. The molecule has 1 amide bonds. The Morgan fingerprint density at radius 3 is 2.50 bits per heavy atom. The maximum absolute atomic E-state index is 12.3. The number of ether oxygens (including phenoxy) is 1. The third-order valence-electron chi connectivity index (χ3n) is 3.15. The number of hydrogen-bond donors (Lipinski definition) is 1. The highest BCUT2D eigenvalue weighted by molar-refractivity contribution is 8.00. The van der Waals surface area contributed by atoms with Gasteiger partial charge in [0.25, 0.3) is 0 Å². The van der Waals surface area contributed by atoms with E-state index in [0.29, 0.717) is 0 Å². The van der Waals surface area contributed by atoms with Gasteiger partial charge in [0, 0.05) is 17.0 Å². The molecule has 118 valence electrons. The van der Waals surface area contributed by atoms with Gasteiger partial charge in [0.2, 0.25) is 5.91 Å². The quantitative estimate of drug-likeness (QED) is 0.827. The van der Waals surface area contributed by atoms with Gasteiger partial charge in [0.15, 0.2) is 0 Å². The fourth-order valence-electron chi connectivity index (χ4n) is 1.96. The number of thioether (sulfide) groups is 1. The molecule has 1 heterocycles. The van der Waals surface area contributed by atoms with Crippen LogP contribution in [0.5, 0.6) is 5.75 Å². The van der Waals surface area contributed by atoms with Crippen molar-refractivity contribution in [3.63, 3.8) is 0 Å². The average molecular weight is 319 g/mol. The largest absolute Gasteiger partial charge is 0.497 e. The Morgan fingerprint density at radius 2 is 1.91 bits per heavy atom. The van der Waals surface area contributed by atoms with Crippen LogP contribution < -0.4 is 10.1 Å². The standard InChI is InChI=1S/C16H21N3O2S/c1-11(2)19-15(9-10-17-19)18-16(20)12(3)22-14-7-5-13(21-4)6-8-14/h5-12H,1-4H3,(H,18,20)/t12-/m0/s1. The Morgan fingerprint density at radius 1 is 1.23 bits per heavy atom. The van der Waals surface area contributed by atoms with Gasteiger partial charge >= 0.3 is 0 Å². The minimum atomic E-state index is -0.205. The van der Waals surface area contributed by atoms with E-state index < -0.39 is 0 Å². The van der Waals surface area contributed by atoms with Crippen molar-refractivity contribution in [3.8, 4) is 5.75 Å². The third kappa shape index (κ3) is 4.04. The number of carbonyl (C=O) groups excluding carboxylic acids is 1. The topological polar surface area (TPSA) is 56.1 Å². The summed E-state index contributed by atoms with van der Waals surface area (Å²) in [5.41, 5.74) is 0. The van der Waals surface area contributed by atoms with Crippen LogP contribution in [0.25, 0.3) is 0 Å². The fourth-order valence-corrected chi connectivity index (χ4v) is 2.83. The lowest BCUT2D eigenvalue weighted by atomic mass is 10.3. The van der Waals surface area contributed by atoms with E-state index in [1.165, 1.54) is 11.8 Å². The van der Waals surface area contributed by atoms with E-state index in [4.69, 9.17) is 4.74 Å². The zero-order valence-electron chi connectivity index (χ0n) is 13.2. The monoisotopic (exact) mass is 319 g/mol. The second-order valence-corrected chi connectivity index (χ2v) is 6.59. The van der Waals surface area contributed by atoms with Crippen molar-refractivity contribution in [1.82, 2.24) is 9.78 Å². The van der Waals surface area contributed by atoms with Crippen molar-refractivity contribution in [2.24, 2.45) is 0 Å². The Hall–Kier alpha value is -1.95. The van der Waals surface area contributed by atoms with Crippen molar-refractivity contribution in [2.75, 3.05) is 12.4 Å². The van der Waals surface area contributed by atoms with Crippen molar-refractivity contribution in [3.05, 3.63) is 36.5 Å². The summed E-state index contributed by atoms with van der Waals surface area (Å²) >= 11 is 1.51. The lowest BCUT2D eigenvalue weighted by Crippen LogP contribution is -2.24. The minimum Gasteiger partial charge on any atom is -0.497 e. The first-order valence-electron chi connectivity index (χ1n) is 7.16. The predicted molar refractivity (Wildman–Crippen MR) is 89.6 cm³/mol. The molecule has 2 rings (SSSR count). The second-order valence-electron chi connectivity index (χ2n) is 5.18. The van der Waals surface area contributed by atoms with Gasteiger partial charge in [-0.1, -0.05) is 0 Å². The van der Waals surface area contributed by atoms with Gasteiger partial charge in [-0.2, -0.15) is 5.10 Å². The highest BCUT2D eigenvalue weighted by Gasteiger charge is 2.17. The number of anilines is 1. The molecule has 0 aliphatic heterocycles. The van der Waals surface area contributed by atoms with E-state index in [1.54, 1.807) is 18.0 Å². The Bertz CT molecular complexity index is 623. The van der Waals surface area contributed by atoms with Crippen molar-refractivity contribution < 1.29 is 9.53 Å². The van der Waals surface area contributed by atoms with Gasteiger partial charge in [-0.25, -0.2) is 4.68 Å². The van der Waals surface area contributed by atoms with Crippen LogP contribution in [0.15, 0.2) is 41.4 Å². The number of nitrogens with one attached hydrogen (secondary N) is 1. The average Bonchev–Trinajstić information content (AvgIpc) is 2.96. The van der Waals surface area contributed by atoms with Crippen LogP contribution in [0, 0.1) is 0 Å². The first-order chi connectivity index (χ1) is 10.5. The Kier molecular flexibility index (Phi) is 5.49. The normalized spacial score (nSPS) is 12.2.